The van der Waals surface area contributed by atoms with E-state index in [9.17, 15) is 23.6 Å². The fourth-order valence-electron chi connectivity index (χ4n) is 2.40. The van der Waals surface area contributed by atoms with Crippen molar-refractivity contribution < 1.29 is 28.3 Å². The molecule has 1 atom stereocenters. The normalized spacial score (nSPS) is 19.5. The van der Waals surface area contributed by atoms with Crippen molar-refractivity contribution in [2.24, 2.45) is 0 Å². The summed E-state index contributed by atoms with van der Waals surface area (Å²) in [4.78, 5) is 11.7. The Morgan fingerprint density at radius 1 is 1.29 bits per heavy atom. The Morgan fingerprint density at radius 3 is 2.50 bits per heavy atom. The first-order valence-electron chi connectivity index (χ1n) is 6.52. The van der Waals surface area contributed by atoms with E-state index in [0.29, 0.717) is 4.31 Å². The molecule has 24 heavy (non-hydrogen) atoms. The van der Waals surface area contributed by atoms with Gasteiger partial charge in [-0.3, -0.25) is 13.8 Å². The third kappa shape index (κ3) is 2.11. The maximum Gasteiger partial charge on any atom is 0.241 e. The highest BCUT2D eigenvalue weighted by Gasteiger charge is 2.47. The quantitative estimate of drug-likeness (QED) is 0.521. The molecule has 7 nitrogen and oxygen atoms in total. The molecule has 1 saturated heterocycles. The second-order valence-corrected chi connectivity index (χ2v) is 6.14. The van der Waals surface area contributed by atoms with Crippen molar-refractivity contribution in [2.45, 2.75) is 5.34 Å². The van der Waals surface area contributed by atoms with Crippen LogP contribution < -0.4 is 13.8 Å². The second kappa shape index (κ2) is 5.30. The molecule has 2 aromatic carbocycles. The average Bonchev–Trinajstić information content (AvgIpc) is 2.74. The predicted molar refractivity (Wildman–Crippen MR) is 86.8 cm³/mol. The van der Waals surface area contributed by atoms with Gasteiger partial charge < -0.3 is 14.9 Å². The van der Waals surface area contributed by atoms with Crippen LogP contribution in [0.3, 0.4) is 0 Å². The highest BCUT2D eigenvalue weighted by molar-refractivity contribution is 7.86. The number of aromatic hydroxyl groups is 2. The molecule has 11 heteroatoms. The highest BCUT2D eigenvalue weighted by Crippen LogP contribution is 2.47. The molecule has 3 N–H and O–H groups in total. The largest absolute Gasteiger partial charge is 0.504 e. The summed E-state index contributed by atoms with van der Waals surface area (Å²) in [5, 5.41) is 17.7. The summed E-state index contributed by atoms with van der Waals surface area (Å²) in [6, 6.07) is 4.05. The number of anilines is 1. The molecule has 1 amide bonds. The molecular weight excluding hydrogens is 337 g/mol. The number of phenolic OH excluding ortho intramolecular Hbond substituents is 2. The molecule has 0 saturated carbocycles. The van der Waals surface area contributed by atoms with Crippen LogP contribution in [0.4, 0.5) is 10.1 Å². The van der Waals surface area contributed by atoms with Crippen LogP contribution in [-0.4, -0.2) is 48.5 Å². The number of amides is 1. The van der Waals surface area contributed by atoms with Crippen molar-refractivity contribution in [1.82, 2.24) is 4.72 Å². The van der Waals surface area contributed by atoms with E-state index in [1.807, 2.05) is 4.72 Å². The molecule has 1 heterocycles. The number of carbonyl (C=O) groups is 1. The number of phenols is 2. The van der Waals surface area contributed by atoms with Gasteiger partial charge in [-0.1, -0.05) is 0 Å². The highest BCUT2D eigenvalue weighted by atomic mass is 32.2. The molecule has 2 aromatic rings. The first-order valence-corrected chi connectivity index (χ1v) is 7.63. The summed E-state index contributed by atoms with van der Waals surface area (Å²) >= 11 is -2.35. The molecule has 0 aromatic heterocycles. The van der Waals surface area contributed by atoms with Crippen LogP contribution >= 0.6 is 0 Å². The number of ether oxygens (including phenoxy) is 1. The van der Waals surface area contributed by atoms with Gasteiger partial charge in [-0.2, -0.15) is 0 Å². The minimum absolute atomic E-state index is 0.0153. The number of methoxy groups -OCH3 is 1. The van der Waals surface area contributed by atoms with E-state index < -0.39 is 45.4 Å². The Balaban J connectivity index is 2.36. The van der Waals surface area contributed by atoms with Gasteiger partial charge in [0, 0.05) is 10.8 Å². The summed E-state index contributed by atoms with van der Waals surface area (Å²) in [6.45, 7) is 0. The second-order valence-electron chi connectivity index (χ2n) is 5.07. The van der Waals surface area contributed by atoms with Gasteiger partial charge in [-0.05, 0) is 18.2 Å². The average molecular weight is 346 g/mol. The lowest BCUT2D eigenvalue weighted by atomic mass is 9.61. The molecule has 0 bridgehead atoms. The predicted octanol–water partition coefficient (Wildman–Crippen LogP) is -0.0956. The summed E-state index contributed by atoms with van der Waals surface area (Å²) in [7, 11) is 12.5. The molecule has 3 rings (SSSR count). The van der Waals surface area contributed by atoms with Crippen LogP contribution in [0.15, 0.2) is 18.2 Å². The summed E-state index contributed by atoms with van der Waals surface area (Å²) in [5.74, 6) is -3.47. The van der Waals surface area contributed by atoms with Gasteiger partial charge in [0.1, 0.15) is 27.1 Å². The van der Waals surface area contributed by atoms with Gasteiger partial charge in [0.15, 0.2) is 17.3 Å². The van der Waals surface area contributed by atoms with Crippen molar-refractivity contribution in [1.29, 1.82) is 0 Å². The fraction of sp³-hybridized carbons (Fsp3) is 0.154. The topological polar surface area (TPSA) is 99.1 Å². The molecular formula is C13H9B2FN2O5S. The van der Waals surface area contributed by atoms with E-state index in [4.69, 9.17) is 20.4 Å². The van der Waals surface area contributed by atoms with Crippen LogP contribution in [0, 0.1) is 5.82 Å². The molecule has 0 aliphatic carbocycles. The number of hydrogen-bond donors (Lipinski definition) is 3. The van der Waals surface area contributed by atoms with Crippen molar-refractivity contribution in [3.63, 3.8) is 0 Å². The Bertz CT molecular complexity index is 908. The molecule has 1 unspecified atom stereocenters. The van der Waals surface area contributed by atoms with Gasteiger partial charge in [-0.25, -0.2) is 8.60 Å². The van der Waals surface area contributed by atoms with E-state index in [1.54, 1.807) is 0 Å². The van der Waals surface area contributed by atoms with Gasteiger partial charge in [0.25, 0.3) is 0 Å². The maximum absolute atomic E-state index is 15.0. The molecule has 1 aliphatic heterocycles. The molecule has 1 fully saturated rings. The lowest BCUT2D eigenvalue weighted by Crippen LogP contribution is -2.51. The van der Waals surface area contributed by atoms with Gasteiger partial charge in [0.2, 0.25) is 17.1 Å². The first-order chi connectivity index (χ1) is 11.2. The third-order valence-corrected chi connectivity index (χ3v) is 4.80. The van der Waals surface area contributed by atoms with Crippen LogP contribution in [0.5, 0.6) is 17.2 Å². The zero-order chi connectivity index (χ0) is 17.8. The molecule has 1 aliphatic rings. The minimum Gasteiger partial charge on any atom is -0.504 e. The summed E-state index contributed by atoms with van der Waals surface area (Å²) in [6.07, 6.45) is 0. The van der Waals surface area contributed by atoms with E-state index in [-0.39, 0.29) is 16.5 Å². The Labute approximate surface area is 140 Å². The molecule has 120 valence electrons. The zero-order valence-corrected chi connectivity index (χ0v) is 13.1. The maximum atomic E-state index is 15.0. The van der Waals surface area contributed by atoms with E-state index in [2.05, 4.69) is 0 Å². The van der Waals surface area contributed by atoms with Crippen molar-refractivity contribution in [3.8, 4) is 17.2 Å². The van der Waals surface area contributed by atoms with Gasteiger partial charge >= 0.3 is 0 Å². The van der Waals surface area contributed by atoms with E-state index in [1.165, 1.54) is 25.3 Å². The van der Waals surface area contributed by atoms with Crippen molar-refractivity contribution in [3.05, 3.63) is 24.0 Å². The van der Waals surface area contributed by atoms with Crippen LogP contribution in [0.2, 0.25) is 0 Å². The Kier molecular flexibility index (Phi) is 3.63. The van der Waals surface area contributed by atoms with Crippen molar-refractivity contribution in [2.75, 3.05) is 11.4 Å². The first kappa shape index (κ1) is 16.4. The van der Waals surface area contributed by atoms with Crippen LogP contribution in [-0.2, 0) is 16.0 Å². The number of fused-ring (bicyclic) bond motifs is 1. The number of benzene rings is 2. The third-order valence-electron chi connectivity index (χ3n) is 3.62. The summed E-state index contributed by atoms with van der Waals surface area (Å²) in [5.41, 5.74) is -0.769. The molecule has 0 spiro atoms. The Morgan fingerprint density at radius 2 is 1.96 bits per heavy atom. The summed E-state index contributed by atoms with van der Waals surface area (Å²) < 4.78 is 34.4. The van der Waals surface area contributed by atoms with Gasteiger partial charge in [-0.15, -0.1) is 0 Å². The number of hydrogen-bond acceptors (Lipinski definition) is 5. The number of nitrogens with one attached hydrogen (secondary N) is 1. The Hall–Kier alpha value is -2.42. The zero-order valence-electron chi connectivity index (χ0n) is 12.2. The SMILES string of the molecule is [B]C1([B])C(=O)NS(=O)N1c1c(O)c(O)c2ccc(OC)cc2c1F. The lowest BCUT2D eigenvalue weighted by Gasteiger charge is -2.30. The fourth-order valence-corrected chi connectivity index (χ4v) is 3.50. The van der Waals surface area contributed by atoms with E-state index in [0.717, 1.165) is 0 Å². The van der Waals surface area contributed by atoms with Gasteiger partial charge in [0.05, 0.1) is 12.4 Å². The van der Waals surface area contributed by atoms with Crippen molar-refractivity contribution >= 4 is 49.2 Å². The number of nitrogens with zero attached hydrogens (tertiary/aromatic N) is 1. The monoisotopic (exact) mass is 346 g/mol. The lowest BCUT2D eigenvalue weighted by molar-refractivity contribution is -0.119. The molecule has 4 radical (unpaired) electrons. The minimum atomic E-state index is -2.39. The number of rotatable bonds is 2. The number of carbonyl (C=O) groups excluding carboxylic acids is 1. The smallest absolute Gasteiger partial charge is 0.241 e. The number of halogens is 1. The standard InChI is InChI=1S/C13H9B2FN2O5S/c1-23-5-2-3-6-7(4-5)8(16)9(11(20)10(6)19)18-13(14,15)12(21)17-24(18)22/h2-4,19-20H,1H3,(H,17,21). The van der Waals surface area contributed by atoms with Crippen LogP contribution in [0.1, 0.15) is 0 Å². The van der Waals surface area contributed by atoms with Crippen LogP contribution in [0.25, 0.3) is 10.8 Å². The van der Waals surface area contributed by atoms with E-state index >= 15 is 0 Å².